The van der Waals surface area contributed by atoms with Crippen molar-refractivity contribution in [3.8, 4) is 5.69 Å². The monoisotopic (exact) mass is 413 g/mol. The van der Waals surface area contributed by atoms with E-state index >= 15 is 0 Å². The zero-order valence-electron chi connectivity index (χ0n) is 16.3. The van der Waals surface area contributed by atoms with Gasteiger partial charge in [-0.25, -0.2) is 13.9 Å². The number of benzene rings is 1. The fourth-order valence-electron chi connectivity index (χ4n) is 3.94. The molecule has 0 atom stereocenters. The van der Waals surface area contributed by atoms with Crippen LogP contribution >= 0.6 is 0 Å². The highest BCUT2D eigenvalue weighted by molar-refractivity contribution is 6.09. The Labute approximate surface area is 170 Å². The highest BCUT2D eigenvalue weighted by Crippen LogP contribution is 2.33. The van der Waals surface area contributed by atoms with Crippen molar-refractivity contribution >= 4 is 17.8 Å². The number of hydrogen-bond donors (Lipinski definition) is 2. The van der Waals surface area contributed by atoms with Gasteiger partial charge in [-0.1, -0.05) is 31.4 Å². The van der Waals surface area contributed by atoms with Gasteiger partial charge >= 0.3 is 6.03 Å². The van der Waals surface area contributed by atoms with Crippen molar-refractivity contribution in [2.75, 3.05) is 0 Å². The number of aromatic nitrogens is 2. The molecule has 1 spiro atoms. The van der Waals surface area contributed by atoms with Gasteiger partial charge in [0.1, 0.15) is 17.0 Å². The Morgan fingerprint density at radius 3 is 2.57 bits per heavy atom. The predicted molar refractivity (Wildman–Crippen MR) is 103 cm³/mol. The molecule has 2 fully saturated rings. The topological polar surface area (TPSA) is 113 Å². The maximum Gasteiger partial charge on any atom is 0.344 e. The van der Waals surface area contributed by atoms with Crippen LogP contribution in [0, 0.1) is 12.7 Å². The lowest BCUT2D eigenvalue weighted by Gasteiger charge is -2.30. The third-order valence-electron chi connectivity index (χ3n) is 5.49. The minimum absolute atomic E-state index is 0.0557. The van der Waals surface area contributed by atoms with Gasteiger partial charge in [0.25, 0.3) is 11.8 Å². The second-order valence-electron chi connectivity index (χ2n) is 7.52. The summed E-state index contributed by atoms with van der Waals surface area (Å²) < 4.78 is 15.3. The number of carbonyl (C=O) groups excluding carboxylic acids is 3. The van der Waals surface area contributed by atoms with Gasteiger partial charge < -0.3 is 5.32 Å². The van der Waals surface area contributed by atoms with Crippen LogP contribution in [0.1, 0.15) is 48.3 Å². The molecule has 1 aromatic carbocycles. The largest absolute Gasteiger partial charge is 0.344 e. The Morgan fingerprint density at radius 2 is 1.87 bits per heavy atom. The molecular formula is C20H20FN5O4. The van der Waals surface area contributed by atoms with Crippen LogP contribution in [0.4, 0.5) is 9.18 Å². The number of rotatable bonds is 3. The molecule has 1 aromatic heterocycles. The molecule has 1 aliphatic heterocycles. The quantitative estimate of drug-likeness (QED) is 0.742. The first-order valence-corrected chi connectivity index (χ1v) is 9.66. The molecule has 10 heteroatoms. The lowest BCUT2D eigenvalue weighted by Crippen LogP contribution is -2.51. The molecule has 0 unspecified atom stereocenters. The SMILES string of the molecule is Cc1cc(=O)c(C(=O)NN2C(=O)NC3(CCCCC3)C2=O)nn1-c1ccccc1F. The van der Waals surface area contributed by atoms with Gasteiger partial charge in [0.05, 0.1) is 0 Å². The number of aryl methyl sites for hydroxylation is 1. The summed E-state index contributed by atoms with van der Waals surface area (Å²) in [5.41, 5.74) is 0.267. The lowest BCUT2D eigenvalue weighted by molar-refractivity contribution is -0.134. The number of imide groups is 1. The van der Waals surface area contributed by atoms with Gasteiger partial charge in [0.2, 0.25) is 5.43 Å². The van der Waals surface area contributed by atoms with Crippen LogP contribution in [0.3, 0.4) is 0 Å². The van der Waals surface area contributed by atoms with E-state index in [0.717, 1.165) is 30.0 Å². The molecule has 2 aromatic rings. The van der Waals surface area contributed by atoms with Crippen LogP contribution in [0.15, 0.2) is 35.1 Å². The zero-order chi connectivity index (χ0) is 21.5. The number of halogens is 1. The van der Waals surface area contributed by atoms with Crippen LogP contribution in [0.5, 0.6) is 0 Å². The van der Waals surface area contributed by atoms with E-state index in [0.29, 0.717) is 23.5 Å². The molecule has 2 N–H and O–H groups in total. The van der Waals surface area contributed by atoms with Crippen molar-refractivity contribution in [1.29, 1.82) is 0 Å². The first-order chi connectivity index (χ1) is 14.3. The molecule has 1 saturated carbocycles. The second kappa shape index (κ2) is 7.36. The molecule has 156 valence electrons. The Kier molecular flexibility index (Phi) is 4.84. The van der Waals surface area contributed by atoms with Crippen LogP contribution < -0.4 is 16.2 Å². The predicted octanol–water partition coefficient (Wildman–Crippen LogP) is 1.58. The molecule has 30 heavy (non-hydrogen) atoms. The second-order valence-corrected chi connectivity index (χ2v) is 7.52. The molecule has 0 bridgehead atoms. The summed E-state index contributed by atoms with van der Waals surface area (Å²) in [4.78, 5) is 50.2. The van der Waals surface area contributed by atoms with E-state index in [1.807, 2.05) is 0 Å². The normalized spacial score (nSPS) is 17.9. The summed E-state index contributed by atoms with van der Waals surface area (Å²) >= 11 is 0. The summed E-state index contributed by atoms with van der Waals surface area (Å²) in [5.74, 6) is -2.17. The van der Waals surface area contributed by atoms with Crippen LogP contribution in [-0.2, 0) is 4.79 Å². The Morgan fingerprint density at radius 1 is 1.17 bits per heavy atom. The highest BCUT2D eigenvalue weighted by atomic mass is 19.1. The van der Waals surface area contributed by atoms with Crippen molar-refractivity contribution in [3.63, 3.8) is 0 Å². The first kappa shape index (κ1) is 19.7. The molecule has 0 radical (unpaired) electrons. The molecule has 1 aliphatic carbocycles. The minimum atomic E-state index is -1.03. The average Bonchev–Trinajstić information content (AvgIpc) is 2.93. The van der Waals surface area contributed by atoms with E-state index in [1.54, 1.807) is 13.0 Å². The van der Waals surface area contributed by atoms with Crippen molar-refractivity contribution in [1.82, 2.24) is 25.5 Å². The first-order valence-electron chi connectivity index (χ1n) is 9.66. The maximum atomic E-state index is 14.2. The smallest absolute Gasteiger partial charge is 0.322 e. The third-order valence-corrected chi connectivity index (χ3v) is 5.49. The summed E-state index contributed by atoms with van der Waals surface area (Å²) in [7, 11) is 0. The van der Waals surface area contributed by atoms with Crippen LogP contribution in [0.25, 0.3) is 5.69 Å². The van der Waals surface area contributed by atoms with E-state index in [1.165, 1.54) is 18.2 Å². The van der Waals surface area contributed by atoms with Gasteiger partial charge in [0.15, 0.2) is 5.69 Å². The Bertz CT molecular complexity index is 1110. The van der Waals surface area contributed by atoms with Crippen molar-refractivity contribution < 1.29 is 18.8 Å². The molecule has 4 amide bonds. The van der Waals surface area contributed by atoms with E-state index in [9.17, 15) is 23.6 Å². The lowest BCUT2D eigenvalue weighted by atomic mass is 9.82. The molecule has 4 rings (SSSR count). The molecule has 1 saturated heterocycles. The number of amides is 4. The number of hydrazine groups is 1. The summed E-state index contributed by atoms with van der Waals surface area (Å²) in [5, 5.41) is 7.24. The Balaban J connectivity index is 1.63. The average molecular weight is 413 g/mol. The highest BCUT2D eigenvalue weighted by Gasteiger charge is 2.52. The molecule has 2 aliphatic rings. The number of hydrogen-bond acceptors (Lipinski definition) is 5. The standard InChI is InChI=1S/C20H20FN5O4/c1-12-11-15(27)16(23-25(12)14-8-4-3-7-13(14)21)17(28)24-26-18(29)20(22-19(26)30)9-5-2-6-10-20/h3-4,7-8,11H,2,5-6,9-10H2,1H3,(H,22,30)(H,24,28). The van der Waals surface area contributed by atoms with Gasteiger partial charge in [-0.15, -0.1) is 0 Å². The van der Waals surface area contributed by atoms with Crippen LogP contribution in [-0.4, -0.2) is 38.2 Å². The summed E-state index contributed by atoms with van der Waals surface area (Å²) in [6, 6.07) is 6.16. The molecular weight excluding hydrogens is 393 g/mol. The van der Waals surface area contributed by atoms with Gasteiger partial charge in [-0.2, -0.15) is 10.1 Å². The zero-order valence-corrected chi connectivity index (χ0v) is 16.3. The molecule has 2 heterocycles. The number of nitrogens with zero attached hydrogens (tertiary/aromatic N) is 3. The number of carbonyl (C=O) groups is 3. The minimum Gasteiger partial charge on any atom is -0.322 e. The Hall–Kier alpha value is -3.56. The molecule has 9 nitrogen and oxygen atoms in total. The van der Waals surface area contributed by atoms with Crippen molar-refractivity contribution in [2.24, 2.45) is 0 Å². The summed E-state index contributed by atoms with van der Waals surface area (Å²) in [6.07, 6.45) is 3.54. The fraction of sp³-hybridized carbons (Fsp3) is 0.350. The van der Waals surface area contributed by atoms with Gasteiger partial charge in [-0.05, 0) is 31.9 Å². The number of nitrogens with one attached hydrogen (secondary N) is 2. The van der Waals surface area contributed by atoms with Crippen molar-refractivity contribution in [2.45, 2.75) is 44.6 Å². The summed E-state index contributed by atoms with van der Waals surface area (Å²) in [6.45, 7) is 1.55. The fourth-order valence-corrected chi connectivity index (χ4v) is 3.94. The van der Waals surface area contributed by atoms with Gasteiger partial charge in [0, 0.05) is 11.8 Å². The van der Waals surface area contributed by atoms with Crippen molar-refractivity contribution in [3.05, 3.63) is 57.8 Å². The number of urea groups is 1. The third kappa shape index (κ3) is 3.23. The van der Waals surface area contributed by atoms with E-state index < -0.39 is 40.3 Å². The maximum absolute atomic E-state index is 14.2. The van der Waals surface area contributed by atoms with E-state index in [4.69, 9.17) is 0 Å². The van der Waals surface area contributed by atoms with Gasteiger partial charge in [-0.3, -0.25) is 19.8 Å². The van der Waals surface area contributed by atoms with E-state index in [-0.39, 0.29) is 5.69 Å². The van der Waals surface area contributed by atoms with E-state index in [2.05, 4.69) is 15.8 Å². The number of para-hydroxylation sites is 1. The van der Waals surface area contributed by atoms with Crippen LogP contribution in [0.2, 0.25) is 0 Å².